The molecule has 8 heteroatoms. The maximum atomic E-state index is 14.6. The molecule has 0 saturated carbocycles. The fraction of sp³-hybridized carbons (Fsp3) is 0.450. The second kappa shape index (κ2) is 7.43. The highest BCUT2D eigenvalue weighted by molar-refractivity contribution is 5.78. The summed E-state index contributed by atoms with van der Waals surface area (Å²) in [5.74, 6) is -1.29. The maximum absolute atomic E-state index is 14.6. The number of benzene rings is 1. The summed E-state index contributed by atoms with van der Waals surface area (Å²) in [5, 5.41) is 3.10. The quantitative estimate of drug-likeness (QED) is 0.871. The highest BCUT2D eigenvalue weighted by atomic mass is 19.1. The zero-order valence-corrected chi connectivity index (χ0v) is 15.6. The van der Waals surface area contributed by atoms with Crippen molar-refractivity contribution < 1.29 is 18.3 Å². The predicted octanol–water partition coefficient (Wildman–Crippen LogP) is 2.40. The number of nitrogens with zero attached hydrogens (tertiary/aromatic N) is 3. The van der Waals surface area contributed by atoms with Crippen molar-refractivity contribution >= 4 is 5.91 Å². The molecule has 0 bridgehead atoms. The van der Waals surface area contributed by atoms with Crippen molar-refractivity contribution in [2.24, 2.45) is 0 Å². The molecule has 3 heterocycles. The summed E-state index contributed by atoms with van der Waals surface area (Å²) < 4.78 is 33.4. The lowest BCUT2D eigenvalue weighted by atomic mass is 9.76. The van der Waals surface area contributed by atoms with Crippen LogP contribution in [-0.2, 0) is 11.3 Å². The third-order valence-corrected chi connectivity index (χ3v) is 5.63. The maximum Gasteiger partial charge on any atom is 0.316 e. The van der Waals surface area contributed by atoms with Crippen LogP contribution >= 0.6 is 0 Å². The van der Waals surface area contributed by atoms with E-state index >= 15 is 0 Å². The van der Waals surface area contributed by atoms with Gasteiger partial charge in [-0.15, -0.1) is 0 Å². The molecule has 2 aromatic rings. The number of piperidine rings is 1. The van der Waals surface area contributed by atoms with Gasteiger partial charge in [-0.3, -0.25) is 9.69 Å². The highest BCUT2D eigenvalue weighted by Crippen LogP contribution is 2.42. The number of hydrogen-bond acceptors (Lipinski definition) is 5. The molecule has 28 heavy (non-hydrogen) atoms. The first kappa shape index (κ1) is 18.7. The Balaban J connectivity index is 1.63. The third kappa shape index (κ3) is 3.56. The lowest BCUT2D eigenvalue weighted by molar-refractivity contribution is -0.125. The van der Waals surface area contributed by atoms with Gasteiger partial charge in [0, 0.05) is 49.9 Å². The molecule has 0 unspecified atom stereocenters. The number of rotatable bonds is 4. The number of aromatic nitrogens is 2. The Hall–Kier alpha value is -2.61. The fourth-order valence-corrected chi connectivity index (χ4v) is 4.44. The van der Waals surface area contributed by atoms with Crippen LogP contribution in [0.5, 0.6) is 6.01 Å². The van der Waals surface area contributed by atoms with E-state index in [1.165, 1.54) is 13.2 Å². The summed E-state index contributed by atoms with van der Waals surface area (Å²) in [4.78, 5) is 22.5. The van der Waals surface area contributed by atoms with Gasteiger partial charge in [0.05, 0.1) is 12.6 Å². The van der Waals surface area contributed by atoms with Crippen LogP contribution in [0, 0.1) is 11.6 Å². The number of halogens is 2. The molecule has 1 aromatic heterocycles. The Morgan fingerprint density at radius 2 is 2.11 bits per heavy atom. The van der Waals surface area contributed by atoms with Gasteiger partial charge in [-0.1, -0.05) is 0 Å². The van der Waals surface area contributed by atoms with Gasteiger partial charge in [0.2, 0.25) is 5.91 Å². The Morgan fingerprint density at radius 3 is 2.82 bits per heavy atom. The summed E-state index contributed by atoms with van der Waals surface area (Å²) in [6.07, 6.45) is 5.31. The van der Waals surface area contributed by atoms with Gasteiger partial charge in [0.15, 0.2) is 0 Å². The van der Waals surface area contributed by atoms with Gasteiger partial charge in [-0.2, -0.15) is 0 Å². The van der Waals surface area contributed by atoms with Crippen LogP contribution in [0.2, 0.25) is 0 Å². The van der Waals surface area contributed by atoms with E-state index in [2.05, 4.69) is 20.2 Å². The Bertz CT molecular complexity index is 877. The second-order valence-corrected chi connectivity index (χ2v) is 7.52. The largest absolute Gasteiger partial charge is 0.467 e. The van der Waals surface area contributed by atoms with Crippen molar-refractivity contribution in [2.75, 3.05) is 20.2 Å². The van der Waals surface area contributed by atoms with Crippen molar-refractivity contribution in [1.29, 1.82) is 0 Å². The third-order valence-electron chi connectivity index (χ3n) is 5.63. The van der Waals surface area contributed by atoms with Crippen LogP contribution in [0.25, 0.3) is 0 Å². The van der Waals surface area contributed by atoms with Crippen LogP contribution in [0.1, 0.15) is 36.3 Å². The average Bonchev–Trinajstić information content (AvgIpc) is 3.01. The van der Waals surface area contributed by atoms with E-state index in [9.17, 15) is 13.6 Å². The van der Waals surface area contributed by atoms with Gasteiger partial charge < -0.3 is 10.1 Å². The van der Waals surface area contributed by atoms with E-state index < -0.39 is 17.2 Å². The Morgan fingerprint density at radius 1 is 1.32 bits per heavy atom. The molecule has 2 aliphatic rings. The van der Waals surface area contributed by atoms with Crippen LogP contribution in [-0.4, -0.2) is 46.5 Å². The number of likely N-dealkylation sites (tertiary alicyclic amines) is 1. The van der Waals surface area contributed by atoms with Crippen molar-refractivity contribution in [3.8, 4) is 6.01 Å². The zero-order chi connectivity index (χ0) is 19.7. The zero-order valence-electron chi connectivity index (χ0n) is 15.6. The van der Waals surface area contributed by atoms with Crippen molar-refractivity contribution in [2.45, 2.75) is 37.3 Å². The molecule has 6 nitrogen and oxygen atoms in total. The summed E-state index contributed by atoms with van der Waals surface area (Å²) in [6, 6.07) is 3.82. The monoisotopic (exact) mass is 388 g/mol. The van der Waals surface area contributed by atoms with Gasteiger partial charge in [0.25, 0.3) is 0 Å². The van der Waals surface area contributed by atoms with Crippen molar-refractivity contribution in [3.63, 3.8) is 0 Å². The summed E-state index contributed by atoms with van der Waals surface area (Å²) in [7, 11) is 1.50. The molecule has 0 radical (unpaired) electrons. The lowest BCUT2D eigenvalue weighted by Gasteiger charge is -2.39. The first-order valence-corrected chi connectivity index (χ1v) is 9.32. The van der Waals surface area contributed by atoms with Gasteiger partial charge in [-0.05, 0) is 36.6 Å². The highest BCUT2D eigenvalue weighted by Gasteiger charge is 2.50. The van der Waals surface area contributed by atoms with Crippen LogP contribution < -0.4 is 10.1 Å². The van der Waals surface area contributed by atoms with E-state index in [1.54, 1.807) is 12.4 Å². The number of carbonyl (C=O) groups excluding carboxylic acids is 1. The molecular formula is C20H22F2N4O2. The molecule has 1 N–H and O–H groups in total. The molecule has 2 saturated heterocycles. The van der Waals surface area contributed by atoms with E-state index in [0.717, 1.165) is 30.5 Å². The minimum Gasteiger partial charge on any atom is -0.467 e. The molecule has 2 aliphatic heterocycles. The second-order valence-electron chi connectivity index (χ2n) is 7.52. The minimum absolute atomic E-state index is 0.0392. The van der Waals surface area contributed by atoms with Crippen LogP contribution in [0.15, 0.2) is 30.6 Å². The number of carbonyl (C=O) groups is 1. The van der Waals surface area contributed by atoms with E-state index in [0.29, 0.717) is 37.6 Å². The number of ether oxygens (including phenoxy) is 1. The number of nitrogens with one attached hydrogen (secondary N) is 1. The first-order valence-electron chi connectivity index (χ1n) is 9.32. The molecule has 1 amide bonds. The van der Waals surface area contributed by atoms with Crippen LogP contribution in [0.3, 0.4) is 0 Å². The Kier molecular flexibility index (Phi) is 4.97. The van der Waals surface area contributed by atoms with E-state index in [4.69, 9.17) is 4.74 Å². The standard InChI is InChI=1S/C20H22F2N4O2/c1-28-19-23-8-13(9-24-19)10-26-11-16(15-7-14(21)4-5-17(15)22)20(12-26)6-2-3-18(27)25-20/h4-5,7-9,16H,2-3,6,10-12H2,1H3,(H,25,27)/t16-,20+/m0/s1. The first-order chi connectivity index (χ1) is 13.5. The molecular weight excluding hydrogens is 366 g/mol. The van der Waals surface area contributed by atoms with Crippen molar-refractivity contribution in [3.05, 3.63) is 53.4 Å². The average molecular weight is 388 g/mol. The summed E-state index contributed by atoms with van der Waals surface area (Å²) in [5.41, 5.74) is 0.603. The molecule has 4 rings (SSSR count). The molecule has 2 atom stereocenters. The minimum atomic E-state index is -0.600. The van der Waals surface area contributed by atoms with E-state index in [-0.39, 0.29) is 11.8 Å². The van der Waals surface area contributed by atoms with E-state index in [1.807, 2.05) is 0 Å². The molecule has 148 valence electrons. The fourth-order valence-electron chi connectivity index (χ4n) is 4.44. The molecule has 1 aromatic carbocycles. The molecule has 1 spiro atoms. The topological polar surface area (TPSA) is 67.3 Å². The lowest BCUT2D eigenvalue weighted by Crippen LogP contribution is -2.56. The Labute approximate surface area is 161 Å². The summed E-state index contributed by atoms with van der Waals surface area (Å²) >= 11 is 0. The summed E-state index contributed by atoms with van der Waals surface area (Å²) in [6.45, 7) is 1.62. The SMILES string of the molecule is COc1ncc(CN2C[C@@H](c3cc(F)ccc3F)[C@@]3(CCCC(=O)N3)C2)cn1. The number of amides is 1. The predicted molar refractivity (Wildman–Crippen MR) is 97.7 cm³/mol. The van der Waals surface area contributed by atoms with Crippen LogP contribution in [0.4, 0.5) is 8.78 Å². The molecule has 2 fully saturated rings. The number of methoxy groups -OCH3 is 1. The van der Waals surface area contributed by atoms with Gasteiger partial charge in [0.1, 0.15) is 11.6 Å². The van der Waals surface area contributed by atoms with Gasteiger partial charge in [-0.25, -0.2) is 18.7 Å². The molecule has 0 aliphatic carbocycles. The van der Waals surface area contributed by atoms with Gasteiger partial charge >= 0.3 is 6.01 Å². The smallest absolute Gasteiger partial charge is 0.316 e. The normalized spacial score (nSPS) is 25.1. The van der Waals surface area contributed by atoms with Crippen molar-refractivity contribution in [1.82, 2.24) is 20.2 Å². The number of hydrogen-bond donors (Lipinski definition) is 1.